The van der Waals surface area contributed by atoms with Crippen molar-refractivity contribution in [1.29, 1.82) is 0 Å². The number of sulfonamides is 1. The maximum absolute atomic E-state index is 13.0. The Hall–Kier alpha value is -2.93. The van der Waals surface area contributed by atoms with Gasteiger partial charge in [-0.1, -0.05) is 39.7 Å². The summed E-state index contributed by atoms with van der Waals surface area (Å²) in [5.74, 6) is -0.697. The lowest BCUT2D eigenvalue weighted by Gasteiger charge is -2.30. The first kappa shape index (κ1) is 30.0. The molecule has 13 heteroatoms. The van der Waals surface area contributed by atoms with Gasteiger partial charge in [-0.05, 0) is 73.0 Å². The highest BCUT2D eigenvalue weighted by molar-refractivity contribution is 9.10. The minimum Gasteiger partial charge on any atom is -0.488 e. The minimum atomic E-state index is -4.46. The van der Waals surface area contributed by atoms with Gasteiger partial charge in [-0.2, -0.15) is 22.6 Å². The summed E-state index contributed by atoms with van der Waals surface area (Å²) >= 11 is 9.22. The zero-order valence-electron chi connectivity index (χ0n) is 20.9. The number of alkyl halides is 3. The number of piperidine rings is 1. The molecule has 40 heavy (non-hydrogen) atoms. The van der Waals surface area contributed by atoms with Crippen molar-refractivity contribution in [2.45, 2.75) is 30.5 Å². The number of hydrogen-bond acceptors (Lipinski definition) is 5. The Morgan fingerprint density at radius 2 is 1.90 bits per heavy atom. The smallest absolute Gasteiger partial charge is 0.416 e. The van der Waals surface area contributed by atoms with Crippen molar-refractivity contribution < 1.29 is 31.1 Å². The second-order valence-electron chi connectivity index (χ2n) is 9.06. The molecule has 1 saturated heterocycles. The predicted octanol–water partition coefficient (Wildman–Crippen LogP) is 6.25. The number of rotatable bonds is 8. The number of benzene rings is 3. The number of carbonyl (C=O) groups is 1. The van der Waals surface area contributed by atoms with Crippen LogP contribution in [0.1, 0.15) is 29.5 Å². The lowest BCUT2D eigenvalue weighted by molar-refractivity contribution is -0.137. The fourth-order valence-corrected chi connectivity index (χ4v) is 6.17. The van der Waals surface area contributed by atoms with Crippen LogP contribution >= 0.6 is 27.5 Å². The van der Waals surface area contributed by atoms with E-state index in [-0.39, 0.29) is 18.0 Å². The third-order valence-electron chi connectivity index (χ3n) is 6.21. The van der Waals surface area contributed by atoms with Crippen LogP contribution in [0.4, 0.5) is 13.2 Å². The number of nitrogens with zero attached hydrogens (tertiary/aromatic N) is 2. The Morgan fingerprint density at radius 3 is 2.62 bits per heavy atom. The zero-order chi connectivity index (χ0) is 28.9. The average molecular weight is 659 g/mol. The number of halogens is 5. The van der Waals surface area contributed by atoms with E-state index in [0.29, 0.717) is 45.8 Å². The third kappa shape index (κ3) is 7.62. The monoisotopic (exact) mass is 657 g/mol. The number of carbonyl (C=O) groups excluding carboxylic acids is 1. The van der Waals surface area contributed by atoms with E-state index in [9.17, 15) is 26.4 Å². The summed E-state index contributed by atoms with van der Waals surface area (Å²) in [4.78, 5) is 12.9. The van der Waals surface area contributed by atoms with E-state index in [2.05, 4.69) is 26.5 Å². The quantitative estimate of drug-likeness (QED) is 0.229. The normalized spacial score (nSPS) is 16.7. The summed E-state index contributed by atoms with van der Waals surface area (Å²) in [6, 6.07) is 15.7. The SMILES string of the molecule is O=C(N/N=C/c1cc(Br)ccc1OCc1cccc(C(F)(F)F)c1)C1CCCN(S(=O)(=O)c2ccc(Cl)cc2)C1. The number of hydrogen-bond donors (Lipinski definition) is 1. The standard InChI is InChI=1S/C27H24BrClF3N3O4S/c28-22-6-11-25(39-17-18-3-1-5-21(13-18)27(30,31)32)20(14-22)15-33-34-26(36)19-4-2-12-35(16-19)40(37,38)24-9-7-23(29)8-10-24/h1,3,5-11,13-15,19H,2,4,12,16-17H2,(H,34,36)/b33-15+. The van der Waals surface area contributed by atoms with Crippen molar-refractivity contribution in [2.75, 3.05) is 13.1 Å². The van der Waals surface area contributed by atoms with Crippen molar-refractivity contribution in [2.24, 2.45) is 11.0 Å². The van der Waals surface area contributed by atoms with Crippen molar-refractivity contribution in [1.82, 2.24) is 9.73 Å². The van der Waals surface area contributed by atoms with Crippen LogP contribution in [-0.2, 0) is 27.6 Å². The molecule has 4 rings (SSSR count). The summed E-state index contributed by atoms with van der Waals surface area (Å²) in [6.07, 6.45) is -2.10. The molecule has 0 saturated carbocycles. The molecule has 1 unspecified atom stereocenters. The molecule has 3 aromatic carbocycles. The number of amides is 1. The molecule has 0 bridgehead atoms. The summed E-state index contributed by atoms with van der Waals surface area (Å²) in [7, 11) is -3.79. The van der Waals surface area contributed by atoms with E-state index >= 15 is 0 Å². The lowest BCUT2D eigenvalue weighted by atomic mass is 9.99. The molecule has 0 radical (unpaired) electrons. The summed E-state index contributed by atoms with van der Waals surface area (Å²) in [5, 5.41) is 4.44. The molecule has 0 aromatic heterocycles. The van der Waals surface area contributed by atoms with Crippen LogP contribution in [0, 0.1) is 5.92 Å². The van der Waals surface area contributed by atoms with Gasteiger partial charge in [0.1, 0.15) is 12.4 Å². The summed E-state index contributed by atoms with van der Waals surface area (Å²) < 4.78 is 72.8. The summed E-state index contributed by atoms with van der Waals surface area (Å²) in [6.45, 7) is 0.190. The van der Waals surface area contributed by atoms with Gasteiger partial charge in [0, 0.05) is 28.1 Å². The molecule has 1 atom stereocenters. The first-order valence-electron chi connectivity index (χ1n) is 12.1. The molecule has 1 aliphatic heterocycles. The van der Waals surface area contributed by atoms with Crippen LogP contribution < -0.4 is 10.2 Å². The Bertz CT molecular complexity index is 1500. The second-order valence-corrected chi connectivity index (χ2v) is 12.3. The van der Waals surface area contributed by atoms with E-state index in [1.165, 1.54) is 46.9 Å². The Labute approximate surface area is 243 Å². The van der Waals surface area contributed by atoms with Crippen LogP contribution in [0.2, 0.25) is 5.02 Å². The van der Waals surface area contributed by atoms with Crippen LogP contribution in [0.3, 0.4) is 0 Å². The fraction of sp³-hybridized carbons (Fsp3) is 0.259. The Balaban J connectivity index is 1.39. The van der Waals surface area contributed by atoms with Gasteiger partial charge in [-0.25, -0.2) is 13.8 Å². The molecule has 1 N–H and O–H groups in total. The molecular formula is C27H24BrClF3N3O4S. The average Bonchev–Trinajstić information content (AvgIpc) is 2.92. The first-order chi connectivity index (χ1) is 18.9. The molecule has 1 heterocycles. The molecule has 1 aliphatic rings. The predicted molar refractivity (Wildman–Crippen MR) is 149 cm³/mol. The van der Waals surface area contributed by atoms with Gasteiger partial charge in [0.25, 0.3) is 0 Å². The molecule has 3 aromatic rings. The van der Waals surface area contributed by atoms with Gasteiger partial charge in [-0.15, -0.1) is 0 Å². The molecule has 0 aliphatic carbocycles. The zero-order valence-corrected chi connectivity index (χ0v) is 24.0. The van der Waals surface area contributed by atoms with Gasteiger partial charge >= 0.3 is 6.18 Å². The van der Waals surface area contributed by atoms with Gasteiger partial charge in [0.15, 0.2) is 0 Å². The maximum atomic E-state index is 13.0. The van der Waals surface area contributed by atoms with Gasteiger partial charge < -0.3 is 4.74 Å². The van der Waals surface area contributed by atoms with Gasteiger partial charge in [0.2, 0.25) is 15.9 Å². The Kier molecular flexibility index (Phi) is 9.55. The van der Waals surface area contributed by atoms with E-state index in [1.807, 2.05) is 0 Å². The molecular weight excluding hydrogens is 635 g/mol. The topological polar surface area (TPSA) is 88.1 Å². The van der Waals surface area contributed by atoms with E-state index < -0.39 is 33.6 Å². The highest BCUT2D eigenvalue weighted by Gasteiger charge is 2.33. The van der Waals surface area contributed by atoms with Crippen molar-refractivity contribution in [3.05, 3.63) is 92.9 Å². The highest BCUT2D eigenvalue weighted by atomic mass is 79.9. The highest BCUT2D eigenvalue weighted by Crippen LogP contribution is 2.30. The molecule has 1 fully saturated rings. The third-order valence-corrected chi connectivity index (χ3v) is 8.83. The number of ether oxygens (including phenoxy) is 1. The second kappa shape index (κ2) is 12.7. The van der Waals surface area contributed by atoms with Crippen LogP contribution in [0.15, 0.2) is 81.2 Å². The molecule has 1 amide bonds. The van der Waals surface area contributed by atoms with Crippen LogP contribution in [0.5, 0.6) is 5.75 Å². The maximum Gasteiger partial charge on any atom is 0.416 e. The molecule has 7 nitrogen and oxygen atoms in total. The summed E-state index contributed by atoms with van der Waals surface area (Å²) in [5.41, 5.74) is 2.50. The minimum absolute atomic E-state index is 0.00848. The van der Waals surface area contributed by atoms with Crippen molar-refractivity contribution in [3.8, 4) is 5.75 Å². The fourth-order valence-electron chi connectivity index (χ4n) is 4.14. The van der Waals surface area contributed by atoms with Gasteiger partial charge in [-0.3, -0.25) is 4.79 Å². The first-order valence-corrected chi connectivity index (χ1v) is 14.7. The Morgan fingerprint density at radius 1 is 1.15 bits per heavy atom. The number of hydrazone groups is 1. The van der Waals surface area contributed by atoms with Crippen LogP contribution in [-0.4, -0.2) is 37.9 Å². The van der Waals surface area contributed by atoms with E-state index in [4.69, 9.17) is 16.3 Å². The van der Waals surface area contributed by atoms with Crippen LogP contribution in [0.25, 0.3) is 0 Å². The van der Waals surface area contributed by atoms with Gasteiger partial charge in [0.05, 0.1) is 22.6 Å². The van der Waals surface area contributed by atoms with Crippen molar-refractivity contribution in [3.63, 3.8) is 0 Å². The van der Waals surface area contributed by atoms with Crippen molar-refractivity contribution >= 4 is 49.7 Å². The van der Waals surface area contributed by atoms with E-state index in [1.54, 1.807) is 18.2 Å². The molecule has 212 valence electrons. The number of nitrogens with one attached hydrogen (secondary N) is 1. The lowest BCUT2D eigenvalue weighted by Crippen LogP contribution is -2.44. The largest absolute Gasteiger partial charge is 0.488 e. The molecule has 0 spiro atoms. The van der Waals surface area contributed by atoms with E-state index in [0.717, 1.165) is 12.1 Å².